The summed E-state index contributed by atoms with van der Waals surface area (Å²) in [5.74, 6) is 0.804. The third-order valence-electron chi connectivity index (χ3n) is 5.92. The van der Waals surface area contributed by atoms with Crippen molar-refractivity contribution in [3.63, 3.8) is 0 Å². The van der Waals surface area contributed by atoms with Gasteiger partial charge in [-0.15, -0.1) is 10.2 Å². The van der Waals surface area contributed by atoms with Gasteiger partial charge in [-0.1, -0.05) is 34.1 Å². The van der Waals surface area contributed by atoms with Gasteiger partial charge in [0.1, 0.15) is 0 Å². The lowest BCUT2D eigenvalue weighted by atomic mass is 10.1. The summed E-state index contributed by atoms with van der Waals surface area (Å²) in [6, 6.07) is 20.6. The normalized spacial score (nSPS) is 14.3. The van der Waals surface area contributed by atoms with E-state index in [0.29, 0.717) is 6.42 Å². The van der Waals surface area contributed by atoms with E-state index in [4.69, 9.17) is 9.84 Å². The van der Waals surface area contributed by atoms with Gasteiger partial charge in [0, 0.05) is 34.9 Å². The van der Waals surface area contributed by atoms with Gasteiger partial charge < -0.3 is 9.64 Å². The summed E-state index contributed by atoms with van der Waals surface area (Å²) in [4.78, 5) is 6.99. The van der Waals surface area contributed by atoms with Crippen LogP contribution in [0.5, 0.6) is 0 Å². The number of ether oxygens (including phenoxy) is 1. The van der Waals surface area contributed by atoms with Crippen LogP contribution in [0.15, 0.2) is 71.3 Å². The largest absolute Gasteiger partial charge is 0.378 e. The first-order valence-corrected chi connectivity index (χ1v) is 11.7. The Morgan fingerprint density at radius 2 is 1.85 bits per heavy atom. The first kappa shape index (κ1) is 20.3. The van der Waals surface area contributed by atoms with Crippen molar-refractivity contribution in [1.82, 2.24) is 24.8 Å². The first-order valence-electron chi connectivity index (χ1n) is 10.9. The average Bonchev–Trinajstić information content (AvgIpc) is 3.26. The number of aromatic nitrogens is 5. The monoisotopic (exact) mass is 500 g/mol. The smallest absolute Gasteiger partial charge is 0.177 e. The van der Waals surface area contributed by atoms with Crippen LogP contribution in [0, 0.1) is 0 Å². The van der Waals surface area contributed by atoms with E-state index in [1.807, 2.05) is 41.0 Å². The second-order valence-corrected chi connectivity index (χ2v) is 9.03. The van der Waals surface area contributed by atoms with E-state index in [9.17, 15) is 0 Å². The zero-order valence-corrected chi connectivity index (χ0v) is 19.4. The molecule has 0 atom stereocenters. The Hall–Kier alpha value is -3.36. The predicted molar refractivity (Wildman–Crippen MR) is 131 cm³/mol. The van der Waals surface area contributed by atoms with Gasteiger partial charge in [-0.2, -0.15) is 9.61 Å². The van der Waals surface area contributed by atoms with Gasteiger partial charge in [0.25, 0.3) is 0 Å². The molecule has 1 aliphatic rings. The molecule has 0 unspecified atom stereocenters. The molecule has 33 heavy (non-hydrogen) atoms. The molecule has 0 spiro atoms. The molecule has 2 aromatic carbocycles. The Labute approximate surface area is 199 Å². The molecule has 5 aromatic rings. The highest BCUT2D eigenvalue weighted by molar-refractivity contribution is 9.10. The molecule has 4 heterocycles. The molecule has 0 saturated carbocycles. The maximum absolute atomic E-state index is 5.48. The van der Waals surface area contributed by atoms with Crippen molar-refractivity contribution in [2.45, 2.75) is 6.42 Å². The highest BCUT2D eigenvalue weighted by atomic mass is 79.9. The Balaban J connectivity index is 1.33. The number of hydrogen-bond acceptors (Lipinski definition) is 6. The molecule has 164 valence electrons. The standard InChI is InChI=1S/C25H21BrN6O/c26-20-3-1-2-18(14-20)23-6-7-24-28-29-25(32(24)30-23)13-17-4-5-22-19(12-17)15-21(16-27-22)31-8-10-33-11-9-31/h1-7,12,14-16H,8-11,13H2. The third-order valence-corrected chi connectivity index (χ3v) is 6.41. The van der Waals surface area contributed by atoms with Crippen LogP contribution in [-0.4, -0.2) is 51.1 Å². The van der Waals surface area contributed by atoms with E-state index in [1.165, 1.54) is 0 Å². The van der Waals surface area contributed by atoms with E-state index >= 15 is 0 Å². The van der Waals surface area contributed by atoms with Gasteiger partial charge in [-0.25, -0.2) is 0 Å². The van der Waals surface area contributed by atoms with E-state index in [2.05, 4.69) is 66.3 Å². The molecule has 0 N–H and O–H groups in total. The summed E-state index contributed by atoms with van der Waals surface area (Å²) in [7, 11) is 0. The van der Waals surface area contributed by atoms with Crippen LogP contribution in [0.2, 0.25) is 0 Å². The number of pyridine rings is 1. The van der Waals surface area contributed by atoms with Gasteiger partial charge in [-0.3, -0.25) is 4.98 Å². The zero-order chi connectivity index (χ0) is 22.2. The van der Waals surface area contributed by atoms with Crippen LogP contribution >= 0.6 is 15.9 Å². The number of hydrogen-bond donors (Lipinski definition) is 0. The fourth-order valence-electron chi connectivity index (χ4n) is 4.20. The predicted octanol–water partition coefficient (Wildman–Crippen LogP) is 4.53. The SMILES string of the molecule is Brc1cccc(-c2ccc3nnc(Cc4ccc5ncc(N6CCOCC6)cc5c4)n3n2)c1. The number of morpholine rings is 1. The molecule has 6 rings (SSSR count). The van der Waals surface area contributed by atoms with Gasteiger partial charge >= 0.3 is 0 Å². The van der Waals surface area contributed by atoms with Gasteiger partial charge in [-0.05, 0) is 48.0 Å². The minimum absolute atomic E-state index is 0.633. The second kappa shape index (κ2) is 8.53. The molecular formula is C25H21BrN6O. The van der Waals surface area contributed by atoms with Crippen molar-refractivity contribution >= 4 is 38.2 Å². The number of nitrogens with zero attached hydrogens (tertiary/aromatic N) is 6. The van der Waals surface area contributed by atoms with Crippen molar-refractivity contribution < 1.29 is 4.74 Å². The molecule has 1 aliphatic heterocycles. The minimum Gasteiger partial charge on any atom is -0.378 e. The summed E-state index contributed by atoms with van der Waals surface area (Å²) in [6.07, 6.45) is 2.58. The molecule has 0 bridgehead atoms. The zero-order valence-electron chi connectivity index (χ0n) is 17.9. The third kappa shape index (κ3) is 4.07. The highest BCUT2D eigenvalue weighted by Crippen LogP contribution is 2.24. The van der Waals surface area contributed by atoms with Gasteiger partial charge in [0.05, 0.1) is 36.3 Å². The fourth-order valence-corrected chi connectivity index (χ4v) is 4.60. The van der Waals surface area contributed by atoms with Crippen molar-refractivity contribution in [3.05, 3.63) is 82.7 Å². The maximum atomic E-state index is 5.48. The summed E-state index contributed by atoms with van der Waals surface area (Å²) < 4.78 is 8.34. The quantitative estimate of drug-likeness (QED) is 0.361. The van der Waals surface area contributed by atoms with Gasteiger partial charge in [0.2, 0.25) is 0 Å². The van der Waals surface area contributed by atoms with Crippen LogP contribution < -0.4 is 4.90 Å². The number of rotatable bonds is 4. The Bertz CT molecular complexity index is 1460. The summed E-state index contributed by atoms with van der Waals surface area (Å²) in [6.45, 7) is 3.30. The highest BCUT2D eigenvalue weighted by Gasteiger charge is 2.13. The van der Waals surface area contributed by atoms with E-state index < -0.39 is 0 Å². The molecular weight excluding hydrogens is 480 g/mol. The topological polar surface area (TPSA) is 68.4 Å². The van der Waals surface area contributed by atoms with Crippen LogP contribution in [0.1, 0.15) is 11.4 Å². The van der Waals surface area contributed by atoms with E-state index in [1.54, 1.807) is 0 Å². The number of halogens is 1. The first-order chi connectivity index (χ1) is 16.2. The molecule has 1 fully saturated rings. The molecule has 3 aromatic heterocycles. The van der Waals surface area contributed by atoms with Crippen LogP contribution in [0.4, 0.5) is 5.69 Å². The number of fused-ring (bicyclic) bond motifs is 2. The Kier molecular flexibility index (Phi) is 5.24. The lowest BCUT2D eigenvalue weighted by molar-refractivity contribution is 0.122. The van der Waals surface area contributed by atoms with Crippen molar-refractivity contribution in [2.75, 3.05) is 31.2 Å². The molecule has 0 aliphatic carbocycles. The Morgan fingerprint density at radius 1 is 0.939 bits per heavy atom. The second-order valence-electron chi connectivity index (χ2n) is 8.11. The van der Waals surface area contributed by atoms with Crippen molar-refractivity contribution in [2.24, 2.45) is 0 Å². The van der Waals surface area contributed by atoms with Crippen LogP contribution in [0.3, 0.4) is 0 Å². The average molecular weight is 501 g/mol. The fraction of sp³-hybridized carbons (Fsp3) is 0.200. The lowest BCUT2D eigenvalue weighted by Gasteiger charge is -2.28. The van der Waals surface area contributed by atoms with Crippen LogP contribution in [0.25, 0.3) is 27.8 Å². The molecule has 8 heteroatoms. The van der Waals surface area contributed by atoms with Crippen molar-refractivity contribution in [1.29, 1.82) is 0 Å². The van der Waals surface area contributed by atoms with E-state index in [0.717, 1.165) is 75.7 Å². The number of benzene rings is 2. The maximum Gasteiger partial charge on any atom is 0.177 e. The van der Waals surface area contributed by atoms with Crippen molar-refractivity contribution in [3.8, 4) is 11.3 Å². The molecule has 0 amide bonds. The summed E-state index contributed by atoms with van der Waals surface area (Å²) in [5.41, 5.74) is 5.92. The lowest BCUT2D eigenvalue weighted by Crippen LogP contribution is -2.36. The molecule has 7 nitrogen and oxygen atoms in total. The number of anilines is 1. The summed E-state index contributed by atoms with van der Waals surface area (Å²) >= 11 is 3.54. The molecule has 0 radical (unpaired) electrons. The van der Waals surface area contributed by atoms with E-state index in [-0.39, 0.29) is 0 Å². The van der Waals surface area contributed by atoms with Crippen LogP contribution in [-0.2, 0) is 11.2 Å². The minimum atomic E-state index is 0.633. The van der Waals surface area contributed by atoms with Gasteiger partial charge in [0.15, 0.2) is 11.5 Å². The Morgan fingerprint density at radius 3 is 2.73 bits per heavy atom. The summed E-state index contributed by atoms with van der Waals surface area (Å²) in [5, 5.41) is 14.7. The molecule has 1 saturated heterocycles.